The van der Waals surface area contributed by atoms with E-state index in [9.17, 15) is 4.39 Å². The standard InChI is InChI=1S/C20H23FN6O.ClH/c1-2-28-17-5-4-14(11-25-17)15-10-16-18(24-9-8-23-16)19(27-15)26-13-20(21)6-3-7-22-12-20;/h4-5,8-11,22H,2-3,6-7,12-13H2,1H3,(H,26,27);1H. The first-order valence-corrected chi connectivity index (χ1v) is 9.51. The molecule has 0 aromatic carbocycles. The van der Waals surface area contributed by atoms with Crippen LogP contribution in [-0.4, -0.2) is 51.8 Å². The van der Waals surface area contributed by atoms with Gasteiger partial charge in [0.25, 0.3) is 0 Å². The fraction of sp³-hybridized carbons (Fsp3) is 0.400. The maximum Gasteiger partial charge on any atom is 0.213 e. The van der Waals surface area contributed by atoms with Gasteiger partial charge in [-0.25, -0.2) is 19.3 Å². The summed E-state index contributed by atoms with van der Waals surface area (Å²) in [5.74, 6) is 1.09. The van der Waals surface area contributed by atoms with E-state index in [1.807, 2.05) is 19.1 Å². The predicted octanol–water partition coefficient (Wildman–Crippen LogP) is 3.41. The number of nitrogens with one attached hydrogen (secondary N) is 2. The summed E-state index contributed by atoms with van der Waals surface area (Å²) in [6.07, 6.45) is 6.30. The number of hydrogen-bond donors (Lipinski definition) is 2. The molecule has 4 rings (SSSR count). The number of hydrogen-bond acceptors (Lipinski definition) is 7. The highest BCUT2D eigenvalue weighted by Gasteiger charge is 2.31. The van der Waals surface area contributed by atoms with Crippen molar-refractivity contribution >= 4 is 29.3 Å². The lowest BCUT2D eigenvalue weighted by atomic mass is 9.96. The maximum absolute atomic E-state index is 15.0. The first-order valence-electron chi connectivity index (χ1n) is 9.51. The Hall–Kier alpha value is -2.58. The second-order valence-corrected chi connectivity index (χ2v) is 6.88. The predicted molar refractivity (Wildman–Crippen MR) is 113 cm³/mol. The molecular formula is C20H24ClFN6O. The number of anilines is 1. The lowest BCUT2D eigenvalue weighted by Crippen LogP contribution is -2.46. The number of rotatable bonds is 6. The molecule has 1 aliphatic rings. The molecule has 3 aromatic heterocycles. The zero-order valence-electron chi connectivity index (χ0n) is 16.2. The van der Waals surface area contributed by atoms with Crippen LogP contribution in [0.4, 0.5) is 10.2 Å². The third kappa shape index (κ3) is 4.89. The molecule has 1 saturated heterocycles. The van der Waals surface area contributed by atoms with Gasteiger partial charge in [0.2, 0.25) is 5.88 Å². The number of nitrogens with zero attached hydrogens (tertiary/aromatic N) is 4. The van der Waals surface area contributed by atoms with Crippen LogP contribution in [0.3, 0.4) is 0 Å². The molecule has 7 nitrogen and oxygen atoms in total. The van der Waals surface area contributed by atoms with Crippen LogP contribution in [0.1, 0.15) is 19.8 Å². The van der Waals surface area contributed by atoms with Crippen molar-refractivity contribution in [1.82, 2.24) is 25.3 Å². The van der Waals surface area contributed by atoms with Crippen LogP contribution in [0.5, 0.6) is 5.88 Å². The Morgan fingerprint density at radius 3 is 2.83 bits per heavy atom. The summed E-state index contributed by atoms with van der Waals surface area (Å²) in [6.45, 7) is 3.84. The highest BCUT2D eigenvalue weighted by atomic mass is 35.5. The van der Waals surface area contributed by atoms with Crippen molar-refractivity contribution in [2.75, 3.05) is 31.6 Å². The quantitative estimate of drug-likeness (QED) is 0.634. The van der Waals surface area contributed by atoms with E-state index in [0.29, 0.717) is 48.0 Å². The highest BCUT2D eigenvalue weighted by molar-refractivity contribution is 5.88. The first-order chi connectivity index (χ1) is 13.7. The molecule has 0 bridgehead atoms. The number of piperidine rings is 1. The SMILES string of the molecule is CCOc1ccc(-c2cc3nccnc3c(NCC3(F)CCCNC3)n2)cn1.Cl. The average Bonchev–Trinajstić information content (AvgIpc) is 2.73. The van der Waals surface area contributed by atoms with Gasteiger partial charge in [0.05, 0.1) is 24.4 Å². The summed E-state index contributed by atoms with van der Waals surface area (Å²) in [5, 5.41) is 6.28. The third-order valence-corrected chi connectivity index (χ3v) is 4.77. The van der Waals surface area contributed by atoms with Gasteiger partial charge in [0.15, 0.2) is 5.82 Å². The van der Waals surface area contributed by atoms with Gasteiger partial charge in [-0.3, -0.25) is 4.98 Å². The van der Waals surface area contributed by atoms with Gasteiger partial charge in [-0.15, -0.1) is 12.4 Å². The molecule has 0 amide bonds. The molecule has 1 atom stereocenters. The first kappa shape index (κ1) is 21.1. The Labute approximate surface area is 174 Å². The number of alkyl halides is 1. The minimum atomic E-state index is -1.30. The third-order valence-electron chi connectivity index (χ3n) is 4.77. The molecule has 154 valence electrons. The van der Waals surface area contributed by atoms with Gasteiger partial charge in [0.1, 0.15) is 11.2 Å². The molecule has 0 aliphatic carbocycles. The van der Waals surface area contributed by atoms with E-state index >= 15 is 0 Å². The summed E-state index contributed by atoms with van der Waals surface area (Å²) >= 11 is 0. The zero-order chi connectivity index (χ0) is 19.4. The molecule has 29 heavy (non-hydrogen) atoms. The number of pyridine rings is 2. The van der Waals surface area contributed by atoms with Crippen molar-refractivity contribution in [2.45, 2.75) is 25.4 Å². The van der Waals surface area contributed by atoms with Gasteiger partial charge in [-0.05, 0) is 38.4 Å². The second kappa shape index (κ2) is 9.28. The van der Waals surface area contributed by atoms with Crippen molar-refractivity contribution in [3.8, 4) is 17.1 Å². The summed E-state index contributed by atoms with van der Waals surface area (Å²) in [5.41, 5.74) is 1.54. The molecular weight excluding hydrogens is 395 g/mol. The number of fused-ring (bicyclic) bond motifs is 1. The van der Waals surface area contributed by atoms with Crippen molar-refractivity contribution in [1.29, 1.82) is 0 Å². The molecule has 1 unspecified atom stereocenters. The van der Waals surface area contributed by atoms with Crippen LogP contribution in [0, 0.1) is 0 Å². The Morgan fingerprint density at radius 1 is 1.24 bits per heavy atom. The van der Waals surface area contributed by atoms with Gasteiger partial charge >= 0.3 is 0 Å². The molecule has 2 N–H and O–H groups in total. The van der Waals surface area contributed by atoms with Gasteiger partial charge in [-0.1, -0.05) is 0 Å². The van der Waals surface area contributed by atoms with Crippen molar-refractivity contribution in [3.05, 3.63) is 36.8 Å². The van der Waals surface area contributed by atoms with E-state index in [0.717, 1.165) is 18.5 Å². The van der Waals surface area contributed by atoms with Crippen LogP contribution in [0.2, 0.25) is 0 Å². The van der Waals surface area contributed by atoms with E-state index in [1.165, 1.54) is 0 Å². The van der Waals surface area contributed by atoms with Crippen LogP contribution in [-0.2, 0) is 0 Å². The molecule has 0 saturated carbocycles. The summed E-state index contributed by atoms with van der Waals surface area (Å²) in [7, 11) is 0. The molecule has 0 radical (unpaired) electrons. The molecule has 1 aliphatic heterocycles. The normalized spacial score (nSPS) is 18.8. The number of aromatic nitrogens is 4. The van der Waals surface area contributed by atoms with Gasteiger partial charge < -0.3 is 15.4 Å². The lowest BCUT2D eigenvalue weighted by Gasteiger charge is -2.30. The largest absolute Gasteiger partial charge is 0.478 e. The Morgan fingerprint density at radius 2 is 2.10 bits per heavy atom. The zero-order valence-corrected chi connectivity index (χ0v) is 17.0. The summed E-state index contributed by atoms with van der Waals surface area (Å²) in [4.78, 5) is 17.8. The van der Waals surface area contributed by atoms with Gasteiger partial charge in [0, 0.05) is 36.8 Å². The monoisotopic (exact) mass is 418 g/mol. The van der Waals surface area contributed by atoms with Crippen molar-refractivity contribution in [2.24, 2.45) is 0 Å². The molecule has 4 heterocycles. The molecule has 3 aromatic rings. The molecule has 1 fully saturated rings. The minimum Gasteiger partial charge on any atom is -0.478 e. The fourth-order valence-corrected chi connectivity index (χ4v) is 3.33. The maximum atomic E-state index is 15.0. The van der Waals surface area contributed by atoms with Crippen LogP contribution < -0.4 is 15.4 Å². The smallest absolute Gasteiger partial charge is 0.213 e. The number of ether oxygens (including phenoxy) is 1. The van der Waals surface area contributed by atoms with Crippen LogP contribution in [0.25, 0.3) is 22.3 Å². The Bertz CT molecular complexity index is 949. The van der Waals surface area contributed by atoms with Gasteiger partial charge in [-0.2, -0.15) is 0 Å². The fourth-order valence-electron chi connectivity index (χ4n) is 3.33. The number of halogens is 2. The minimum absolute atomic E-state index is 0. The van der Waals surface area contributed by atoms with Crippen LogP contribution >= 0.6 is 12.4 Å². The van der Waals surface area contributed by atoms with E-state index in [4.69, 9.17) is 4.74 Å². The van der Waals surface area contributed by atoms with E-state index in [2.05, 4.69) is 30.6 Å². The molecule has 9 heteroatoms. The summed E-state index contributed by atoms with van der Waals surface area (Å²) in [6, 6.07) is 5.56. The average molecular weight is 419 g/mol. The van der Waals surface area contributed by atoms with E-state index in [1.54, 1.807) is 24.7 Å². The molecule has 0 spiro atoms. The van der Waals surface area contributed by atoms with E-state index < -0.39 is 5.67 Å². The van der Waals surface area contributed by atoms with Crippen LogP contribution in [0.15, 0.2) is 36.8 Å². The lowest BCUT2D eigenvalue weighted by molar-refractivity contribution is 0.137. The Kier molecular flexibility index (Phi) is 6.76. The summed E-state index contributed by atoms with van der Waals surface area (Å²) < 4.78 is 20.4. The second-order valence-electron chi connectivity index (χ2n) is 6.88. The van der Waals surface area contributed by atoms with E-state index in [-0.39, 0.29) is 19.0 Å². The van der Waals surface area contributed by atoms with Crippen molar-refractivity contribution < 1.29 is 9.13 Å². The Balaban J connectivity index is 0.00000240. The topological polar surface area (TPSA) is 84.9 Å². The van der Waals surface area contributed by atoms with Crippen molar-refractivity contribution in [3.63, 3.8) is 0 Å². The highest BCUT2D eigenvalue weighted by Crippen LogP contribution is 2.27.